The molecule has 34 heavy (non-hydrogen) atoms. The lowest BCUT2D eigenvalue weighted by atomic mass is 10.2. The summed E-state index contributed by atoms with van der Waals surface area (Å²) in [5.41, 5.74) is 0.872. The Labute approximate surface area is 202 Å². The number of anilines is 1. The number of benzene rings is 2. The van der Waals surface area contributed by atoms with E-state index in [0.717, 1.165) is 21.6 Å². The summed E-state index contributed by atoms with van der Waals surface area (Å²) in [7, 11) is -0.662. The minimum Gasteiger partial charge on any atom is -0.493 e. The quantitative estimate of drug-likeness (QED) is 0.400. The Morgan fingerprint density at radius 2 is 1.65 bits per heavy atom. The molecule has 10 heteroatoms. The number of piperazine rings is 1. The van der Waals surface area contributed by atoms with Crippen molar-refractivity contribution in [2.24, 2.45) is 0 Å². The highest BCUT2D eigenvalue weighted by Gasteiger charge is 2.30. The molecule has 4 aromatic rings. The van der Waals surface area contributed by atoms with Crippen LogP contribution in [0.25, 0.3) is 21.6 Å². The van der Waals surface area contributed by atoms with Gasteiger partial charge in [0.2, 0.25) is 10.0 Å². The maximum Gasteiger partial charge on any atom is 0.243 e. The molecular formula is C24H24N4O4S2. The van der Waals surface area contributed by atoms with Crippen molar-refractivity contribution in [1.29, 1.82) is 0 Å². The van der Waals surface area contributed by atoms with Crippen LogP contribution in [0.5, 0.6) is 11.5 Å². The molecule has 8 nitrogen and oxygen atoms in total. The lowest BCUT2D eigenvalue weighted by molar-refractivity contribution is 0.353. The predicted molar refractivity (Wildman–Crippen MR) is 133 cm³/mol. The zero-order valence-corrected chi connectivity index (χ0v) is 20.5. The van der Waals surface area contributed by atoms with Crippen molar-refractivity contribution < 1.29 is 17.9 Å². The number of ether oxygens (including phenoxy) is 2. The van der Waals surface area contributed by atoms with E-state index in [1.807, 2.05) is 41.8 Å². The number of methoxy groups -OCH3 is 2. The summed E-state index contributed by atoms with van der Waals surface area (Å²) in [6, 6.07) is 16.6. The van der Waals surface area contributed by atoms with E-state index < -0.39 is 10.0 Å². The third kappa shape index (κ3) is 4.08. The SMILES string of the molecule is COc1ccc(S(=O)(=O)N2CCN(c3nc(-c4cccs4)nc4ccccc34)CC2)cc1OC. The minimum absolute atomic E-state index is 0.186. The highest BCUT2D eigenvalue weighted by Crippen LogP contribution is 2.33. The molecule has 1 fully saturated rings. The Bertz CT molecular complexity index is 1420. The van der Waals surface area contributed by atoms with E-state index in [1.54, 1.807) is 23.5 Å². The van der Waals surface area contributed by atoms with Crippen molar-refractivity contribution in [2.75, 3.05) is 45.3 Å². The summed E-state index contributed by atoms with van der Waals surface area (Å²) >= 11 is 1.60. The van der Waals surface area contributed by atoms with E-state index in [-0.39, 0.29) is 4.90 Å². The third-order valence-corrected chi connectivity index (χ3v) is 8.62. The molecule has 0 radical (unpaired) electrons. The van der Waals surface area contributed by atoms with Crippen molar-refractivity contribution in [3.05, 3.63) is 60.0 Å². The molecule has 1 aliphatic rings. The summed E-state index contributed by atoms with van der Waals surface area (Å²) in [5.74, 6) is 2.39. The molecule has 3 heterocycles. The number of rotatable bonds is 6. The lowest BCUT2D eigenvalue weighted by Gasteiger charge is -2.35. The first-order chi connectivity index (χ1) is 16.5. The maximum atomic E-state index is 13.3. The normalized spacial score (nSPS) is 14.9. The number of sulfonamides is 1. The van der Waals surface area contributed by atoms with Gasteiger partial charge in [0.25, 0.3) is 0 Å². The van der Waals surface area contributed by atoms with Crippen LogP contribution in [0, 0.1) is 0 Å². The summed E-state index contributed by atoms with van der Waals surface area (Å²) in [5, 5.41) is 2.96. The minimum atomic E-state index is -3.67. The van der Waals surface area contributed by atoms with Crippen molar-refractivity contribution in [3.63, 3.8) is 0 Å². The number of nitrogens with zero attached hydrogens (tertiary/aromatic N) is 4. The highest BCUT2D eigenvalue weighted by molar-refractivity contribution is 7.89. The van der Waals surface area contributed by atoms with Crippen LogP contribution in [0.15, 0.2) is 64.9 Å². The van der Waals surface area contributed by atoms with E-state index in [0.29, 0.717) is 43.5 Å². The molecule has 0 amide bonds. The zero-order valence-electron chi connectivity index (χ0n) is 18.8. The fraction of sp³-hybridized carbons (Fsp3) is 0.250. The van der Waals surface area contributed by atoms with Crippen LogP contribution >= 0.6 is 11.3 Å². The summed E-state index contributed by atoms with van der Waals surface area (Å²) in [6.45, 7) is 1.75. The molecular weight excluding hydrogens is 472 g/mol. The second-order valence-corrected chi connectivity index (χ2v) is 10.7. The van der Waals surface area contributed by atoms with Crippen molar-refractivity contribution in [2.45, 2.75) is 4.90 Å². The first-order valence-corrected chi connectivity index (χ1v) is 13.1. The molecule has 2 aromatic carbocycles. The van der Waals surface area contributed by atoms with Gasteiger partial charge in [-0.2, -0.15) is 4.31 Å². The molecule has 1 aliphatic heterocycles. The number of para-hydroxylation sites is 1. The van der Waals surface area contributed by atoms with E-state index in [9.17, 15) is 8.42 Å². The first-order valence-electron chi connectivity index (χ1n) is 10.8. The van der Waals surface area contributed by atoms with Crippen LogP contribution in [-0.4, -0.2) is 63.1 Å². The molecule has 5 rings (SSSR count). The van der Waals surface area contributed by atoms with Gasteiger partial charge < -0.3 is 14.4 Å². The van der Waals surface area contributed by atoms with E-state index in [4.69, 9.17) is 19.4 Å². The smallest absolute Gasteiger partial charge is 0.243 e. The van der Waals surface area contributed by atoms with Gasteiger partial charge in [-0.25, -0.2) is 18.4 Å². The Morgan fingerprint density at radius 1 is 0.882 bits per heavy atom. The maximum absolute atomic E-state index is 13.3. The lowest BCUT2D eigenvalue weighted by Crippen LogP contribution is -2.49. The molecule has 0 aliphatic carbocycles. The van der Waals surface area contributed by atoms with E-state index >= 15 is 0 Å². The van der Waals surface area contributed by atoms with Gasteiger partial charge >= 0.3 is 0 Å². The molecule has 176 valence electrons. The molecule has 0 bridgehead atoms. The van der Waals surface area contributed by atoms with Crippen molar-refractivity contribution >= 4 is 38.1 Å². The van der Waals surface area contributed by atoms with Gasteiger partial charge in [0, 0.05) is 37.6 Å². The van der Waals surface area contributed by atoms with Crippen LogP contribution in [0.4, 0.5) is 5.82 Å². The van der Waals surface area contributed by atoms with Gasteiger partial charge in [0.1, 0.15) is 5.82 Å². The highest BCUT2D eigenvalue weighted by atomic mass is 32.2. The van der Waals surface area contributed by atoms with Gasteiger partial charge in [0.15, 0.2) is 17.3 Å². The Kier molecular flexibility index (Phi) is 6.11. The molecule has 0 atom stereocenters. The molecule has 2 aromatic heterocycles. The van der Waals surface area contributed by atoms with E-state index in [2.05, 4.69) is 4.90 Å². The largest absolute Gasteiger partial charge is 0.493 e. The van der Waals surface area contributed by atoms with Crippen molar-refractivity contribution in [3.8, 4) is 22.2 Å². The van der Waals surface area contributed by atoms with Crippen LogP contribution < -0.4 is 14.4 Å². The Balaban J connectivity index is 1.41. The standard InChI is InChI=1S/C24H24N4O4S2/c1-31-20-10-9-17(16-21(20)32-2)34(29,30)28-13-11-27(12-14-28)24-18-6-3-4-7-19(18)25-23(26-24)22-8-5-15-33-22/h3-10,15-16H,11-14H2,1-2H3. The molecule has 0 unspecified atom stereocenters. The monoisotopic (exact) mass is 496 g/mol. The average molecular weight is 497 g/mol. The summed E-state index contributed by atoms with van der Waals surface area (Å²) in [6.07, 6.45) is 0. The van der Waals surface area contributed by atoms with E-state index in [1.165, 1.54) is 24.6 Å². The number of aromatic nitrogens is 2. The number of thiophene rings is 1. The molecule has 0 spiro atoms. The van der Waals surface area contributed by atoms with Gasteiger partial charge in [0.05, 0.1) is 29.5 Å². The summed E-state index contributed by atoms with van der Waals surface area (Å²) in [4.78, 5) is 13.0. The topological polar surface area (TPSA) is 84.9 Å². The van der Waals surface area contributed by atoms with Crippen LogP contribution in [0.1, 0.15) is 0 Å². The predicted octanol–water partition coefficient (Wildman–Crippen LogP) is 3.89. The van der Waals surface area contributed by atoms with Gasteiger partial charge in [-0.3, -0.25) is 0 Å². The van der Waals surface area contributed by atoms with Crippen LogP contribution in [0.3, 0.4) is 0 Å². The Hall–Kier alpha value is -3.21. The van der Waals surface area contributed by atoms with Crippen molar-refractivity contribution in [1.82, 2.24) is 14.3 Å². The Morgan fingerprint density at radius 3 is 2.35 bits per heavy atom. The number of fused-ring (bicyclic) bond motifs is 1. The third-order valence-electron chi connectivity index (χ3n) is 5.86. The fourth-order valence-electron chi connectivity index (χ4n) is 4.08. The number of hydrogen-bond acceptors (Lipinski definition) is 8. The van der Waals surface area contributed by atoms with Gasteiger partial charge in [-0.05, 0) is 35.7 Å². The van der Waals surface area contributed by atoms with Crippen LogP contribution in [-0.2, 0) is 10.0 Å². The van der Waals surface area contributed by atoms with Crippen LogP contribution in [0.2, 0.25) is 0 Å². The van der Waals surface area contributed by atoms with Gasteiger partial charge in [-0.1, -0.05) is 18.2 Å². The zero-order chi connectivity index (χ0) is 23.7. The second-order valence-electron chi connectivity index (χ2n) is 7.77. The fourth-order valence-corrected chi connectivity index (χ4v) is 6.18. The molecule has 1 saturated heterocycles. The second kappa shape index (κ2) is 9.21. The molecule has 0 N–H and O–H groups in total. The van der Waals surface area contributed by atoms with Gasteiger partial charge in [-0.15, -0.1) is 11.3 Å². The number of hydrogen-bond donors (Lipinski definition) is 0. The first kappa shape index (κ1) is 22.6. The average Bonchev–Trinajstić information content (AvgIpc) is 3.43. The summed E-state index contributed by atoms with van der Waals surface area (Å²) < 4.78 is 38.6. The molecule has 0 saturated carbocycles.